The van der Waals surface area contributed by atoms with Crippen molar-refractivity contribution < 1.29 is 9.72 Å². The van der Waals surface area contributed by atoms with Gasteiger partial charge in [-0.3, -0.25) is 19.8 Å². The molecule has 2 aliphatic rings. The first-order valence-corrected chi connectivity index (χ1v) is 7.75. The van der Waals surface area contributed by atoms with Crippen molar-refractivity contribution in [1.29, 1.82) is 0 Å². The second kappa shape index (κ2) is 6.17. The van der Waals surface area contributed by atoms with E-state index >= 15 is 0 Å². The molecule has 2 heterocycles. The van der Waals surface area contributed by atoms with Gasteiger partial charge in [0.1, 0.15) is 0 Å². The summed E-state index contributed by atoms with van der Waals surface area (Å²) < 4.78 is 0. The number of nitro groups is 1. The smallest absolute Gasteiger partial charge is 0.353 e. The van der Waals surface area contributed by atoms with Crippen LogP contribution in [0.2, 0.25) is 5.02 Å². The normalized spacial score (nSPS) is 21.9. The lowest BCUT2D eigenvalue weighted by atomic mass is 10.2. The van der Waals surface area contributed by atoms with E-state index in [2.05, 4.69) is 10.2 Å². The zero-order valence-electron chi connectivity index (χ0n) is 12.7. The van der Waals surface area contributed by atoms with Gasteiger partial charge in [0.05, 0.1) is 17.6 Å². The quantitative estimate of drug-likeness (QED) is 0.664. The van der Waals surface area contributed by atoms with Crippen LogP contribution in [-0.2, 0) is 11.3 Å². The molecule has 0 spiro atoms. The van der Waals surface area contributed by atoms with Crippen molar-refractivity contribution in [3.63, 3.8) is 0 Å². The van der Waals surface area contributed by atoms with Gasteiger partial charge in [-0.1, -0.05) is 23.7 Å². The van der Waals surface area contributed by atoms with Gasteiger partial charge < -0.3 is 10.2 Å². The standard InChI is InChI=1S/C15H17ClN4O3/c1-10-14(21)13(20(22)23)15-17-9-18(6-7-19(10)15)8-11-2-4-12(16)5-3-11/h2-5,10,17H,6-9H2,1H3. The topological polar surface area (TPSA) is 78.7 Å². The fourth-order valence-corrected chi connectivity index (χ4v) is 3.08. The molecular weight excluding hydrogens is 320 g/mol. The summed E-state index contributed by atoms with van der Waals surface area (Å²) in [4.78, 5) is 26.5. The molecule has 1 saturated heterocycles. The Hall–Kier alpha value is -2.12. The highest BCUT2D eigenvalue weighted by atomic mass is 35.5. The molecule has 2 aliphatic heterocycles. The molecule has 1 unspecified atom stereocenters. The van der Waals surface area contributed by atoms with Gasteiger partial charge >= 0.3 is 5.70 Å². The van der Waals surface area contributed by atoms with E-state index in [-0.39, 0.29) is 5.70 Å². The summed E-state index contributed by atoms with van der Waals surface area (Å²) in [6.07, 6.45) is 0. The fourth-order valence-electron chi connectivity index (χ4n) is 2.95. The number of fused-ring (bicyclic) bond motifs is 1. The molecule has 0 aliphatic carbocycles. The van der Waals surface area contributed by atoms with Crippen molar-refractivity contribution in [3.05, 3.63) is 56.5 Å². The molecule has 1 aromatic carbocycles. The molecule has 0 amide bonds. The van der Waals surface area contributed by atoms with E-state index in [1.54, 1.807) is 11.8 Å². The summed E-state index contributed by atoms with van der Waals surface area (Å²) in [6.45, 7) is 4.14. The number of benzene rings is 1. The molecule has 0 radical (unpaired) electrons. The second-order valence-corrected chi connectivity index (χ2v) is 6.14. The highest BCUT2D eigenvalue weighted by Gasteiger charge is 2.45. The number of carbonyl (C=O) groups excluding carboxylic acids is 1. The van der Waals surface area contributed by atoms with Gasteiger partial charge in [-0.2, -0.15) is 0 Å². The van der Waals surface area contributed by atoms with E-state index in [1.807, 2.05) is 24.3 Å². The minimum atomic E-state index is -0.587. The number of nitrogens with one attached hydrogen (secondary N) is 1. The molecule has 3 rings (SSSR count). The van der Waals surface area contributed by atoms with Crippen molar-refractivity contribution in [3.8, 4) is 0 Å². The van der Waals surface area contributed by atoms with Crippen molar-refractivity contribution in [2.45, 2.75) is 19.5 Å². The minimum absolute atomic E-state index is 0.328. The maximum atomic E-state index is 12.0. The Balaban J connectivity index is 1.76. The molecule has 1 N–H and O–H groups in total. The van der Waals surface area contributed by atoms with Crippen LogP contribution in [-0.4, -0.2) is 46.3 Å². The minimum Gasteiger partial charge on any atom is -0.353 e. The Morgan fingerprint density at radius 3 is 2.70 bits per heavy atom. The number of hydrogen-bond donors (Lipinski definition) is 1. The molecule has 1 aromatic rings. The monoisotopic (exact) mass is 336 g/mol. The average Bonchev–Trinajstić information content (AvgIpc) is 2.65. The van der Waals surface area contributed by atoms with Gasteiger partial charge in [0.15, 0.2) is 5.82 Å². The molecule has 7 nitrogen and oxygen atoms in total. The number of ketones is 1. The van der Waals surface area contributed by atoms with E-state index < -0.39 is 16.7 Å². The van der Waals surface area contributed by atoms with Crippen molar-refractivity contribution in [2.75, 3.05) is 19.8 Å². The van der Waals surface area contributed by atoms with E-state index in [1.165, 1.54) is 0 Å². The average molecular weight is 337 g/mol. The van der Waals surface area contributed by atoms with Crippen LogP contribution in [0.25, 0.3) is 0 Å². The van der Waals surface area contributed by atoms with Crippen LogP contribution < -0.4 is 5.32 Å². The number of nitrogens with zero attached hydrogens (tertiary/aromatic N) is 3. The number of halogens is 1. The molecule has 8 heteroatoms. The van der Waals surface area contributed by atoms with Crippen LogP contribution in [0.5, 0.6) is 0 Å². The Morgan fingerprint density at radius 2 is 2.04 bits per heavy atom. The Kier molecular flexibility index (Phi) is 4.23. The molecule has 23 heavy (non-hydrogen) atoms. The summed E-state index contributed by atoms with van der Waals surface area (Å²) in [5.74, 6) is -0.0882. The first-order chi connectivity index (χ1) is 11.0. The Bertz CT molecular complexity index is 674. The third-order valence-corrected chi connectivity index (χ3v) is 4.47. The van der Waals surface area contributed by atoms with E-state index in [0.29, 0.717) is 37.1 Å². The highest BCUT2D eigenvalue weighted by molar-refractivity contribution is 6.30. The summed E-state index contributed by atoms with van der Waals surface area (Å²) in [5.41, 5.74) is 0.789. The van der Waals surface area contributed by atoms with Gasteiger partial charge in [0.2, 0.25) is 0 Å². The Morgan fingerprint density at radius 1 is 1.35 bits per heavy atom. The van der Waals surface area contributed by atoms with Gasteiger partial charge in [-0.05, 0) is 24.6 Å². The van der Waals surface area contributed by atoms with Crippen LogP contribution in [0.15, 0.2) is 35.8 Å². The van der Waals surface area contributed by atoms with E-state index in [0.717, 1.165) is 5.56 Å². The van der Waals surface area contributed by atoms with Crippen molar-refractivity contribution in [1.82, 2.24) is 15.1 Å². The fraction of sp³-hybridized carbons (Fsp3) is 0.400. The molecule has 0 bridgehead atoms. The van der Waals surface area contributed by atoms with E-state index in [9.17, 15) is 14.9 Å². The maximum absolute atomic E-state index is 12.0. The predicted molar refractivity (Wildman–Crippen MR) is 85.1 cm³/mol. The van der Waals surface area contributed by atoms with Gasteiger partial charge in [-0.25, -0.2) is 0 Å². The molecule has 1 atom stereocenters. The number of rotatable bonds is 3. The highest BCUT2D eigenvalue weighted by Crippen LogP contribution is 2.25. The van der Waals surface area contributed by atoms with Crippen LogP contribution in [0.3, 0.4) is 0 Å². The summed E-state index contributed by atoms with van der Waals surface area (Å²) in [5, 5.41) is 14.9. The third-order valence-electron chi connectivity index (χ3n) is 4.22. The van der Waals surface area contributed by atoms with Crippen LogP contribution >= 0.6 is 11.6 Å². The first kappa shape index (κ1) is 15.8. The van der Waals surface area contributed by atoms with Crippen LogP contribution in [0.1, 0.15) is 12.5 Å². The molecule has 0 aromatic heterocycles. The van der Waals surface area contributed by atoms with Gasteiger partial charge in [0, 0.05) is 24.7 Å². The zero-order valence-corrected chi connectivity index (χ0v) is 13.4. The Labute approximate surface area is 138 Å². The summed E-state index contributed by atoms with van der Waals surface area (Å²) >= 11 is 5.89. The number of Topliss-reactive ketones (excluding diaryl/α,β-unsaturated/α-hetero) is 1. The predicted octanol–water partition coefficient (Wildman–Crippen LogP) is 1.42. The lowest BCUT2D eigenvalue weighted by Crippen LogP contribution is -2.36. The van der Waals surface area contributed by atoms with Crippen molar-refractivity contribution >= 4 is 17.4 Å². The second-order valence-electron chi connectivity index (χ2n) is 5.70. The molecule has 122 valence electrons. The van der Waals surface area contributed by atoms with Crippen LogP contribution in [0, 0.1) is 10.1 Å². The lowest BCUT2D eigenvalue weighted by molar-refractivity contribution is -0.419. The van der Waals surface area contributed by atoms with Crippen molar-refractivity contribution in [2.24, 2.45) is 0 Å². The lowest BCUT2D eigenvalue weighted by Gasteiger charge is -2.22. The summed E-state index contributed by atoms with van der Waals surface area (Å²) in [6, 6.07) is 7.11. The largest absolute Gasteiger partial charge is 0.353 e. The first-order valence-electron chi connectivity index (χ1n) is 7.37. The van der Waals surface area contributed by atoms with Gasteiger partial charge in [-0.15, -0.1) is 0 Å². The maximum Gasteiger partial charge on any atom is 0.353 e. The molecular formula is C15H17ClN4O3. The van der Waals surface area contributed by atoms with Gasteiger partial charge in [0.25, 0.3) is 5.78 Å². The SMILES string of the molecule is CC1C(=O)C([N+](=O)[O-])=C2NCN(Cc3ccc(Cl)cc3)CCN21. The number of hydrogen-bond acceptors (Lipinski definition) is 6. The zero-order chi connectivity index (χ0) is 16.6. The molecule has 0 saturated carbocycles. The van der Waals surface area contributed by atoms with E-state index in [4.69, 9.17) is 11.6 Å². The third kappa shape index (κ3) is 3.02. The van der Waals surface area contributed by atoms with Crippen LogP contribution in [0.4, 0.5) is 0 Å². The number of carbonyl (C=O) groups is 1. The molecule has 1 fully saturated rings. The summed E-state index contributed by atoms with van der Waals surface area (Å²) in [7, 11) is 0.